The van der Waals surface area contributed by atoms with Crippen LogP contribution in [0, 0.1) is 11.3 Å². The van der Waals surface area contributed by atoms with E-state index in [1.807, 2.05) is 103 Å². The first-order valence-corrected chi connectivity index (χ1v) is 24.3. The first kappa shape index (κ1) is 49.0. The van der Waals surface area contributed by atoms with Crippen molar-refractivity contribution in [2.75, 3.05) is 39.4 Å². The lowest BCUT2D eigenvalue weighted by Gasteiger charge is -2.39. The largest absolute Gasteiger partial charge is 0.497 e. The van der Waals surface area contributed by atoms with Crippen LogP contribution >= 0.6 is 8.53 Å². The number of nitrogens with zero attached hydrogens (tertiary/aromatic N) is 4. The van der Waals surface area contributed by atoms with Gasteiger partial charge in [-0.3, -0.25) is 9.88 Å². The Balaban J connectivity index is 1.08. The lowest BCUT2D eigenvalue weighted by atomic mass is 9.80. The van der Waals surface area contributed by atoms with Gasteiger partial charge in [-0.1, -0.05) is 103 Å². The average Bonchev–Trinajstić information content (AvgIpc) is 3.91. The summed E-state index contributed by atoms with van der Waals surface area (Å²) in [5.41, 5.74) is 5.12. The van der Waals surface area contributed by atoms with Crippen LogP contribution in [0.5, 0.6) is 11.5 Å². The van der Waals surface area contributed by atoms with Gasteiger partial charge in [-0.2, -0.15) is 10.2 Å². The minimum Gasteiger partial charge on any atom is -0.497 e. The van der Waals surface area contributed by atoms with Gasteiger partial charge in [0.1, 0.15) is 41.9 Å². The molecular weight excluding hydrogens is 894 g/mol. The van der Waals surface area contributed by atoms with Gasteiger partial charge in [-0.05, 0) is 97.0 Å². The molecule has 8 rings (SSSR count). The van der Waals surface area contributed by atoms with Crippen LogP contribution in [0.4, 0.5) is 10.6 Å². The van der Waals surface area contributed by atoms with Gasteiger partial charge in [0.05, 0.1) is 46.0 Å². The van der Waals surface area contributed by atoms with Crippen LogP contribution in [-0.2, 0) is 28.9 Å². The summed E-state index contributed by atoms with van der Waals surface area (Å²) in [4.78, 5) is 31.4. The van der Waals surface area contributed by atoms with Gasteiger partial charge in [0.15, 0.2) is 0 Å². The molecule has 1 fully saturated rings. The minimum atomic E-state index is -1.73. The van der Waals surface area contributed by atoms with Crippen LogP contribution in [-0.4, -0.2) is 78.6 Å². The third-order valence-corrected chi connectivity index (χ3v) is 14.6. The minimum absolute atomic E-state index is 0.00243. The van der Waals surface area contributed by atoms with Gasteiger partial charge in [-0.15, -0.1) is 0 Å². The van der Waals surface area contributed by atoms with E-state index in [9.17, 15) is 14.9 Å². The maximum absolute atomic E-state index is 14.0. The summed E-state index contributed by atoms with van der Waals surface area (Å²) < 4.78 is 47.9. The van der Waals surface area contributed by atoms with Crippen molar-refractivity contribution >= 4 is 20.4 Å². The van der Waals surface area contributed by atoms with Gasteiger partial charge in [0, 0.05) is 30.6 Å². The molecule has 358 valence electrons. The first-order chi connectivity index (χ1) is 33.5. The predicted octanol–water partition coefficient (Wildman–Crippen LogP) is 10.6. The first-order valence-electron chi connectivity index (χ1n) is 23.1. The van der Waals surface area contributed by atoms with E-state index in [0.717, 1.165) is 38.9 Å². The van der Waals surface area contributed by atoms with E-state index < -0.39 is 44.3 Å². The van der Waals surface area contributed by atoms with E-state index in [0.29, 0.717) is 11.5 Å². The van der Waals surface area contributed by atoms with Crippen LogP contribution in [0.1, 0.15) is 80.5 Å². The van der Waals surface area contributed by atoms with Crippen molar-refractivity contribution in [1.82, 2.24) is 14.2 Å². The molecule has 0 bridgehead atoms. The highest BCUT2D eigenvalue weighted by Crippen LogP contribution is 2.51. The normalized spacial score (nSPS) is 17.1. The summed E-state index contributed by atoms with van der Waals surface area (Å²) in [6.45, 7) is 8.56. The number of methoxy groups -OCH3 is 2. The lowest BCUT2D eigenvalue weighted by Crippen LogP contribution is -2.39. The van der Waals surface area contributed by atoms with Gasteiger partial charge < -0.3 is 32.7 Å². The second-order valence-electron chi connectivity index (χ2n) is 17.3. The van der Waals surface area contributed by atoms with Crippen molar-refractivity contribution in [3.63, 3.8) is 0 Å². The summed E-state index contributed by atoms with van der Waals surface area (Å²) in [6, 6.07) is 45.5. The van der Waals surface area contributed by atoms with Crippen molar-refractivity contribution < 1.29 is 37.5 Å². The van der Waals surface area contributed by atoms with E-state index in [-0.39, 0.29) is 56.5 Å². The third kappa shape index (κ3) is 10.7. The lowest BCUT2D eigenvalue weighted by molar-refractivity contribution is -0.0925. The van der Waals surface area contributed by atoms with E-state index >= 15 is 0 Å². The molecule has 4 atom stereocenters. The second-order valence-corrected chi connectivity index (χ2v) is 18.7. The van der Waals surface area contributed by atoms with Crippen molar-refractivity contribution in [3.8, 4) is 28.7 Å². The van der Waals surface area contributed by atoms with E-state index in [1.54, 1.807) is 20.4 Å². The molecule has 2 heterocycles. The number of rotatable bonds is 20. The smallest absolute Gasteiger partial charge is 0.412 e. The number of ether oxygens (including phenoxy) is 5. The molecule has 5 aromatic carbocycles. The Morgan fingerprint density at radius 3 is 1.93 bits per heavy atom. The Bertz CT molecular complexity index is 2660. The fraction of sp³-hybridized carbons (Fsp3) is 0.333. The highest BCUT2D eigenvalue weighted by atomic mass is 31.2. The maximum atomic E-state index is 14.0. The van der Waals surface area contributed by atoms with Gasteiger partial charge >= 0.3 is 11.8 Å². The Morgan fingerprint density at radius 1 is 0.812 bits per heavy atom. The molecule has 1 saturated heterocycles. The molecule has 0 spiro atoms. The zero-order valence-corrected chi connectivity index (χ0v) is 40.6. The number of benzene rings is 5. The number of carbonyl (C=O) groups excluding carboxylic acids is 1. The molecule has 14 nitrogen and oxygen atoms in total. The average molecular weight is 952 g/mol. The molecule has 1 aliphatic heterocycles. The number of nitrogens with one attached hydrogen (secondary N) is 1. The second kappa shape index (κ2) is 22.3. The zero-order valence-electron chi connectivity index (χ0n) is 39.7. The highest BCUT2D eigenvalue weighted by Gasteiger charge is 2.45. The fourth-order valence-electron chi connectivity index (χ4n) is 9.26. The maximum Gasteiger partial charge on any atom is 0.412 e. The predicted molar refractivity (Wildman–Crippen MR) is 264 cm³/mol. The van der Waals surface area contributed by atoms with Crippen LogP contribution in [0.15, 0.2) is 144 Å². The van der Waals surface area contributed by atoms with Crippen LogP contribution in [0.3, 0.4) is 0 Å². The number of carbonyl (C=O) groups is 1. The molecule has 15 heteroatoms. The number of amides is 1. The fourth-order valence-corrected chi connectivity index (χ4v) is 11.0. The Hall–Kier alpha value is -6.43. The molecule has 1 aliphatic carbocycles. The number of nitriles is 1. The van der Waals surface area contributed by atoms with Crippen molar-refractivity contribution in [2.24, 2.45) is 0 Å². The molecular formula is C54H58N5O9P. The van der Waals surface area contributed by atoms with Crippen LogP contribution in [0.25, 0.3) is 11.1 Å². The number of anilines is 1. The summed E-state index contributed by atoms with van der Waals surface area (Å²) in [5.74, 6) is 1.28. The number of fused-ring (bicyclic) bond motifs is 3. The molecule has 69 heavy (non-hydrogen) atoms. The molecule has 0 saturated carbocycles. The topological polar surface area (TPSA) is 156 Å². The third-order valence-electron chi connectivity index (χ3n) is 12.4. The van der Waals surface area contributed by atoms with Crippen molar-refractivity contribution in [1.29, 1.82) is 5.26 Å². The van der Waals surface area contributed by atoms with E-state index in [1.165, 1.54) is 10.6 Å². The molecule has 1 amide bonds. The molecule has 1 aromatic heterocycles. The molecule has 1 N–H and O–H groups in total. The Labute approximate surface area is 404 Å². The number of hydrogen-bond acceptors (Lipinski definition) is 12. The van der Waals surface area contributed by atoms with Gasteiger partial charge in [-0.25, -0.2) is 14.3 Å². The van der Waals surface area contributed by atoms with Gasteiger partial charge in [0.2, 0.25) is 0 Å². The van der Waals surface area contributed by atoms with E-state index in [2.05, 4.69) is 73.0 Å². The quantitative estimate of drug-likeness (QED) is 0.0440. The van der Waals surface area contributed by atoms with Crippen molar-refractivity contribution in [2.45, 2.75) is 82.6 Å². The highest BCUT2D eigenvalue weighted by molar-refractivity contribution is 7.44. The standard InChI is InChI=1S/C54H58N5O9P/c1-36(2)59(37(3)4)69(66-32-14-30-55)68-48-33-51(58-31-29-50(56-52(58)60)57-53(61)64-34-47-45-19-12-10-17-43(45)44-18-11-13-20-46(44)47)67-49(48)35-65-54(38-15-8-7-9-16-38,39-21-25-41(62-5)26-22-39)40-23-27-42(63-6)28-24-40/h7-13,15-29,31,36-37,47-49,51H,14,32-35H2,1-6H3,(H,56,57,60,61)/t48-,49+,51+,69?/m0/s1. The van der Waals surface area contributed by atoms with Crippen molar-refractivity contribution in [3.05, 3.63) is 178 Å². The van der Waals surface area contributed by atoms with Gasteiger partial charge in [0.25, 0.3) is 8.53 Å². The number of hydrogen-bond donors (Lipinski definition) is 1. The van der Waals surface area contributed by atoms with E-state index in [4.69, 9.17) is 32.7 Å². The Kier molecular flexibility index (Phi) is 15.9. The number of aromatic nitrogens is 2. The summed E-state index contributed by atoms with van der Waals surface area (Å²) in [7, 11) is 1.53. The summed E-state index contributed by atoms with van der Waals surface area (Å²) in [6.07, 6.45) is -1.03. The molecule has 2 aliphatic rings. The monoisotopic (exact) mass is 951 g/mol. The Morgan fingerprint density at radius 2 is 1.38 bits per heavy atom. The molecule has 1 unspecified atom stereocenters. The summed E-state index contributed by atoms with van der Waals surface area (Å²) >= 11 is 0. The van der Waals surface area contributed by atoms with Crippen LogP contribution < -0.4 is 20.5 Å². The molecule has 0 radical (unpaired) electrons. The summed E-state index contributed by atoms with van der Waals surface area (Å²) in [5, 5.41) is 12.1. The zero-order chi connectivity index (χ0) is 48.5. The SMILES string of the molecule is COc1ccc(C(OC[C@H]2O[C@@H](n3ccc(NC(=O)OCC4c5ccccc5-c5ccccc54)nc3=O)C[C@@H]2OP(OCCC#N)N(C(C)C)C(C)C)(c2ccccc2)c2ccc(OC)cc2)cc1. The van der Waals surface area contributed by atoms with Crippen LogP contribution in [0.2, 0.25) is 0 Å². The molecule has 6 aromatic rings.